The first-order chi connectivity index (χ1) is 10.5. The third kappa shape index (κ3) is 3.44. The molecule has 0 amide bonds. The van der Waals surface area contributed by atoms with Crippen LogP contribution in [0.3, 0.4) is 0 Å². The standard InChI is InChI=1S/C17H15FO4/c1-21-13-9-15(20)17(16(10-13)22-2)14(19)8-5-11-3-6-12(18)7-4-11/h3-10,20H,1-2H3/b8-5+. The maximum absolute atomic E-state index is 12.8. The predicted molar refractivity (Wildman–Crippen MR) is 81.0 cm³/mol. The molecule has 2 rings (SSSR count). The molecule has 0 heterocycles. The van der Waals surface area contributed by atoms with E-state index in [4.69, 9.17) is 9.47 Å². The van der Waals surface area contributed by atoms with E-state index < -0.39 is 5.78 Å². The fourth-order valence-electron chi connectivity index (χ4n) is 1.93. The lowest BCUT2D eigenvalue weighted by Crippen LogP contribution is -2.00. The number of hydrogen-bond donors (Lipinski definition) is 1. The summed E-state index contributed by atoms with van der Waals surface area (Å²) in [6.45, 7) is 0. The number of allylic oxidation sites excluding steroid dienone is 1. The Kier molecular flexibility index (Phi) is 4.78. The van der Waals surface area contributed by atoms with E-state index in [1.165, 1.54) is 50.6 Å². The van der Waals surface area contributed by atoms with Gasteiger partial charge in [0.1, 0.15) is 28.6 Å². The topological polar surface area (TPSA) is 55.8 Å². The van der Waals surface area contributed by atoms with E-state index in [0.29, 0.717) is 11.3 Å². The second-order valence-electron chi connectivity index (χ2n) is 4.47. The Balaban J connectivity index is 2.31. The molecule has 0 aliphatic carbocycles. The molecule has 0 fully saturated rings. The zero-order valence-electron chi connectivity index (χ0n) is 12.2. The summed E-state index contributed by atoms with van der Waals surface area (Å²) in [6.07, 6.45) is 2.82. The summed E-state index contributed by atoms with van der Waals surface area (Å²) in [4.78, 5) is 12.2. The van der Waals surface area contributed by atoms with Crippen LogP contribution in [0.15, 0.2) is 42.5 Å². The number of carbonyl (C=O) groups excluding carboxylic acids is 1. The van der Waals surface area contributed by atoms with Crippen molar-refractivity contribution < 1.29 is 23.8 Å². The third-order valence-corrected chi connectivity index (χ3v) is 3.05. The Bertz CT molecular complexity index is 705. The number of methoxy groups -OCH3 is 2. The minimum absolute atomic E-state index is 0.0432. The van der Waals surface area contributed by atoms with E-state index in [2.05, 4.69) is 0 Å². The van der Waals surface area contributed by atoms with Gasteiger partial charge in [-0.25, -0.2) is 4.39 Å². The van der Waals surface area contributed by atoms with Gasteiger partial charge in [-0.3, -0.25) is 4.79 Å². The van der Waals surface area contributed by atoms with Gasteiger partial charge in [-0.2, -0.15) is 0 Å². The third-order valence-electron chi connectivity index (χ3n) is 3.05. The molecule has 0 aromatic heterocycles. The highest BCUT2D eigenvalue weighted by atomic mass is 19.1. The van der Waals surface area contributed by atoms with Gasteiger partial charge in [0.15, 0.2) is 5.78 Å². The Labute approximate surface area is 127 Å². The molecule has 5 heteroatoms. The quantitative estimate of drug-likeness (QED) is 0.679. The van der Waals surface area contributed by atoms with Crippen molar-refractivity contribution in [3.8, 4) is 17.2 Å². The van der Waals surface area contributed by atoms with Crippen LogP contribution in [0.25, 0.3) is 6.08 Å². The van der Waals surface area contributed by atoms with Gasteiger partial charge in [-0.05, 0) is 23.8 Å². The van der Waals surface area contributed by atoms with Crippen LogP contribution in [0.2, 0.25) is 0 Å². The lowest BCUT2D eigenvalue weighted by atomic mass is 10.1. The van der Waals surface area contributed by atoms with Gasteiger partial charge in [0.25, 0.3) is 0 Å². The van der Waals surface area contributed by atoms with Crippen LogP contribution in [0.5, 0.6) is 17.2 Å². The maximum Gasteiger partial charge on any atom is 0.193 e. The fraction of sp³-hybridized carbons (Fsp3) is 0.118. The van der Waals surface area contributed by atoms with Crippen LogP contribution >= 0.6 is 0 Å². The molecule has 0 atom stereocenters. The molecule has 0 saturated heterocycles. The number of hydrogen-bond acceptors (Lipinski definition) is 4. The number of rotatable bonds is 5. The molecule has 0 aliphatic rings. The molecule has 0 unspecified atom stereocenters. The number of carbonyl (C=O) groups is 1. The van der Waals surface area contributed by atoms with E-state index in [9.17, 15) is 14.3 Å². The zero-order chi connectivity index (χ0) is 16.1. The summed E-state index contributed by atoms with van der Waals surface area (Å²) in [6, 6.07) is 8.54. The summed E-state index contributed by atoms with van der Waals surface area (Å²) < 4.78 is 22.9. The van der Waals surface area contributed by atoms with Crippen molar-refractivity contribution >= 4 is 11.9 Å². The minimum Gasteiger partial charge on any atom is -0.507 e. The Hall–Kier alpha value is -2.82. The number of ketones is 1. The summed E-state index contributed by atoms with van der Waals surface area (Å²) in [5, 5.41) is 9.97. The van der Waals surface area contributed by atoms with Crippen molar-refractivity contribution in [3.05, 3.63) is 59.4 Å². The van der Waals surface area contributed by atoms with Crippen LogP contribution in [-0.2, 0) is 0 Å². The van der Waals surface area contributed by atoms with Gasteiger partial charge in [-0.15, -0.1) is 0 Å². The second-order valence-corrected chi connectivity index (χ2v) is 4.47. The molecule has 114 valence electrons. The smallest absolute Gasteiger partial charge is 0.193 e. The number of phenolic OH excluding ortho intramolecular Hbond substituents is 1. The van der Waals surface area contributed by atoms with Gasteiger partial charge in [0, 0.05) is 12.1 Å². The number of aromatic hydroxyl groups is 1. The van der Waals surface area contributed by atoms with Crippen molar-refractivity contribution in [2.45, 2.75) is 0 Å². The molecule has 0 bridgehead atoms. The van der Waals surface area contributed by atoms with Crippen molar-refractivity contribution in [1.29, 1.82) is 0 Å². The Morgan fingerprint density at radius 1 is 1.14 bits per heavy atom. The van der Waals surface area contributed by atoms with Gasteiger partial charge < -0.3 is 14.6 Å². The van der Waals surface area contributed by atoms with E-state index >= 15 is 0 Å². The molecule has 0 aliphatic heterocycles. The molecule has 2 aromatic carbocycles. The number of ether oxygens (including phenoxy) is 2. The highest BCUT2D eigenvalue weighted by Crippen LogP contribution is 2.33. The Morgan fingerprint density at radius 3 is 2.41 bits per heavy atom. The molecule has 2 aromatic rings. The number of benzene rings is 2. The molecular weight excluding hydrogens is 287 g/mol. The molecule has 1 N–H and O–H groups in total. The van der Waals surface area contributed by atoms with E-state index in [1.807, 2.05) is 0 Å². The normalized spacial score (nSPS) is 10.7. The molecule has 0 radical (unpaired) electrons. The van der Waals surface area contributed by atoms with Crippen LogP contribution < -0.4 is 9.47 Å². The first-order valence-electron chi connectivity index (χ1n) is 6.48. The largest absolute Gasteiger partial charge is 0.507 e. The highest BCUT2D eigenvalue weighted by Gasteiger charge is 2.17. The first-order valence-corrected chi connectivity index (χ1v) is 6.48. The van der Waals surface area contributed by atoms with Gasteiger partial charge in [0.2, 0.25) is 0 Å². The predicted octanol–water partition coefficient (Wildman–Crippen LogP) is 3.44. The summed E-state index contributed by atoms with van der Waals surface area (Å²) in [5.41, 5.74) is 0.711. The lowest BCUT2D eigenvalue weighted by molar-refractivity contribution is 0.104. The number of phenols is 1. The minimum atomic E-state index is -0.429. The second kappa shape index (κ2) is 6.76. The van der Waals surface area contributed by atoms with E-state index in [0.717, 1.165) is 0 Å². The average molecular weight is 302 g/mol. The van der Waals surface area contributed by atoms with Crippen molar-refractivity contribution in [3.63, 3.8) is 0 Å². The van der Waals surface area contributed by atoms with Gasteiger partial charge >= 0.3 is 0 Å². The monoisotopic (exact) mass is 302 g/mol. The fourth-order valence-corrected chi connectivity index (χ4v) is 1.93. The van der Waals surface area contributed by atoms with Crippen molar-refractivity contribution in [2.24, 2.45) is 0 Å². The van der Waals surface area contributed by atoms with Crippen molar-refractivity contribution in [1.82, 2.24) is 0 Å². The van der Waals surface area contributed by atoms with Crippen LogP contribution in [0, 0.1) is 5.82 Å². The molecule has 0 saturated carbocycles. The first kappa shape index (κ1) is 15.6. The lowest BCUT2D eigenvalue weighted by Gasteiger charge is -2.10. The summed E-state index contributed by atoms with van der Waals surface area (Å²) >= 11 is 0. The van der Waals surface area contributed by atoms with E-state index in [1.54, 1.807) is 12.1 Å². The Morgan fingerprint density at radius 2 is 1.82 bits per heavy atom. The van der Waals surface area contributed by atoms with E-state index in [-0.39, 0.29) is 22.9 Å². The molecule has 4 nitrogen and oxygen atoms in total. The SMILES string of the molecule is COc1cc(O)c(C(=O)/C=C/c2ccc(F)cc2)c(OC)c1. The number of halogens is 1. The van der Waals surface area contributed by atoms with Crippen LogP contribution in [0.1, 0.15) is 15.9 Å². The summed E-state index contributed by atoms with van der Waals surface area (Å²) in [7, 11) is 2.85. The average Bonchev–Trinajstić information content (AvgIpc) is 2.53. The molecular formula is C17H15FO4. The highest BCUT2D eigenvalue weighted by molar-refractivity contribution is 6.10. The van der Waals surface area contributed by atoms with Crippen molar-refractivity contribution in [2.75, 3.05) is 14.2 Å². The maximum atomic E-state index is 12.8. The molecule has 22 heavy (non-hydrogen) atoms. The van der Waals surface area contributed by atoms with Gasteiger partial charge in [-0.1, -0.05) is 18.2 Å². The zero-order valence-corrected chi connectivity index (χ0v) is 12.2. The summed E-state index contributed by atoms with van der Waals surface area (Å²) in [5.74, 6) is -0.414. The van der Waals surface area contributed by atoms with Crippen LogP contribution in [0.4, 0.5) is 4.39 Å². The van der Waals surface area contributed by atoms with Crippen LogP contribution in [-0.4, -0.2) is 25.1 Å². The molecule has 0 spiro atoms. The van der Waals surface area contributed by atoms with Gasteiger partial charge in [0.05, 0.1) is 14.2 Å².